The molecule has 0 saturated heterocycles. The number of aryl methyl sites for hydroxylation is 2. The van der Waals surface area contributed by atoms with Crippen molar-refractivity contribution in [1.29, 1.82) is 0 Å². The molecule has 1 aromatic heterocycles. The van der Waals surface area contributed by atoms with Gasteiger partial charge in [0.2, 0.25) is 5.91 Å². The summed E-state index contributed by atoms with van der Waals surface area (Å²) in [5.74, 6) is 0.508. The molecule has 1 aliphatic carbocycles. The summed E-state index contributed by atoms with van der Waals surface area (Å²) in [5.41, 5.74) is 1.23. The monoisotopic (exact) mass is 252 g/mol. The second kappa shape index (κ2) is 5.17. The second-order valence-corrected chi connectivity index (χ2v) is 5.84. The molecule has 0 saturated carbocycles. The van der Waals surface area contributed by atoms with Crippen LogP contribution < -0.4 is 0 Å². The lowest BCUT2D eigenvalue weighted by molar-refractivity contribution is -0.135. The fraction of sp³-hybridized carbons (Fsp3) is 0.692. The van der Waals surface area contributed by atoms with Crippen LogP contribution in [0.25, 0.3) is 0 Å². The van der Waals surface area contributed by atoms with Crippen LogP contribution in [0.1, 0.15) is 35.8 Å². The Kier molecular flexibility index (Phi) is 3.82. The van der Waals surface area contributed by atoms with Gasteiger partial charge in [-0.25, -0.2) is 4.98 Å². The van der Waals surface area contributed by atoms with Crippen LogP contribution >= 0.6 is 11.3 Å². The zero-order valence-corrected chi connectivity index (χ0v) is 11.6. The van der Waals surface area contributed by atoms with E-state index in [1.807, 2.05) is 25.7 Å². The van der Waals surface area contributed by atoms with Gasteiger partial charge in [-0.2, -0.15) is 0 Å². The summed E-state index contributed by atoms with van der Waals surface area (Å²) in [5, 5.41) is 1.13. The fourth-order valence-electron chi connectivity index (χ4n) is 2.51. The van der Waals surface area contributed by atoms with E-state index in [9.17, 15) is 4.79 Å². The van der Waals surface area contributed by atoms with Crippen LogP contribution in [0.3, 0.4) is 0 Å². The Hall–Kier alpha value is -0.900. The maximum Gasteiger partial charge on any atom is 0.226 e. The molecule has 0 N–H and O–H groups in total. The first-order chi connectivity index (χ1) is 8.15. The summed E-state index contributed by atoms with van der Waals surface area (Å²) in [6, 6.07) is 0. The maximum atomic E-state index is 12.3. The molecule has 1 unspecified atom stereocenters. The van der Waals surface area contributed by atoms with Gasteiger partial charge in [0.25, 0.3) is 0 Å². The van der Waals surface area contributed by atoms with Gasteiger partial charge in [0, 0.05) is 23.9 Å². The van der Waals surface area contributed by atoms with E-state index in [2.05, 4.69) is 4.98 Å². The zero-order valence-electron chi connectivity index (χ0n) is 10.8. The molecule has 17 heavy (non-hydrogen) atoms. The van der Waals surface area contributed by atoms with Gasteiger partial charge in [-0.15, -0.1) is 11.3 Å². The average Bonchev–Trinajstić information content (AvgIpc) is 2.69. The van der Waals surface area contributed by atoms with Crippen molar-refractivity contribution >= 4 is 17.2 Å². The van der Waals surface area contributed by atoms with Crippen molar-refractivity contribution in [3.05, 3.63) is 15.6 Å². The van der Waals surface area contributed by atoms with Crippen molar-refractivity contribution in [1.82, 2.24) is 9.88 Å². The predicted octanol–water partition coefficient (Wildman–Crippen LogP) is 2.42. The van der Waals surface area contributed by atoms with Gasteiger partial charge >= 0.3 is 0 Å². The third-order valence-electron chi connectivity index (χ3n) is 3.47. The number of rotatable bonds is 3. The van der Waals surface area contributed by atoms with Crippen molar-refractivity contribution < 1.29 is 4.79 Å². The second-order valence-electron chi connectivity index (χ2n) is 4.55. The number of hydrogen-bond acceptors (Lipinski definition) is 3. The summed E-state index contributed by atoms with van der Waals surface area (Å²) in [7, 11) is 0. The van der Waals surface area contributed by atoms with Gasteiger partial charge in [-0.3, -0.25) is 4.79 Å². The lowest BCUT2D eigenvalue weighted by atomic mass is 9.90. The van der Waals surface area contributed by atoms with Crippen molar-refractivity contribution in [3.8, 4) is 0 Å². The predicted molar refractivity (Wildman–Crippen MR) is 70.3 cm³/mol. The van der Waals surface area contributed by atoms with Crippen molar-refractivity contribution in [3.63, 3.8) is 0 Å². The summed E-state index contributed by atoms with van der Waals surface area (Å²) < 4.78 is 0. The molecule has 1 atom stereocenters. The van der Waals surface area contributed by atoms with Crippen LogP contribution in [0.15, 0.2) is 0 Å². The molecular weight excluding hydrogens is 232 g/mol. The van der Waals surface area contributed by atoms with Gasteiger partial charge < -0.3 is 4.90 Å². The Morgan fingerprint density at radius 2 is 2.18 bits per heavy atom. The van der Waals surface area contributed by atoms with E-state index >= 15 is 0 Å². The Morgan fingerprint density at radius 3 is 2.82 bits per heavy atom. The third-order valence-corrected chi connectivity index (χ3v) is 4.51. The molecule has 3 nitrogen and oxygen atoms in total. The Labute approximate surface area is 107 Å². The molecule has 2 rings (SSSR count). The van der Waals surface area contributed by atoms with E-state index in [0.29, 0.717) is 5.91 Å². The minimum atomic E-state index is 0.183. The van der Waals surface area contributed by atoms with Crippen molar-refractivity contribution in [2.24, 2.45) is 5.92 Å². The Morgan fingerprint density at radius 1 is 1.47 bits per heavy atom. The lowest BCUT2D eigenvalue weighted by Crippen LogP contribution is -2.38. The van der Waals surface area contributed by atoms with Gasteiger partial charge in [0.15, 0.2) is 0 Å². The number of thiazole rings is 1. The molecule has 4 heteroatoms. The number of fused-ring (bicyclic) bond motifs is 1. The molecule has 1 heterocycles. The number of carbonyl (C=O) groups is 1. The third kappa shape index (κ3) is 2.51. The molecule has 1 aliphatic rings. The fourth-order valence-corrected chi connectivity index (χ4v) is 3.57. The first-order valence-corrected chi connectivity index (χ1v) is 7.21. The normalized spacial score (nSPS) is 18.9. The van der Waals surface area contributed by atoms with E-state index in [0.717, 1.165) is 37.4 Å². The van der Waals surface area contributed by atoms with Crippen molar-refractivity contribution in [2.45, 2.75) is 40.0 Å². The van der Waals surface area contributed by atoms with Crippen LogP contribution in [-0.2, 0) is 17.6 Å². The van der Waals surface area contributed by atoms with E-state index in [-0.39, 0.29) is 5.92 Å². The number of amides is 1. The maximum absolute atomic E-state index is 12.3. The van der Waals surface area contributed by atoms with Crippen LogP contribution in [0.4, 0.5) is 0 Å². The minimum absolute atomic E-state index is 0.183. The van der Waals surface area contributed by atoms with Crippen LogP contribution in [0, 0.1) is 12.8 Å². The number of carbonyl (C=O) groups excluding carboxylic acids is 1. The van der Waals surface area contributed by atoms with Gasteiger partial charge in [-0.1, -0.05) is 0 Å². The molecule has 1 amide bonds. The molecule has 94 valence electrons. The summed E-state index contributed by atoms with van der Waals surface area (Å²) in [6.45, 7) is 7.78. The molecule has 1 aromatic rings. The summed E-state index contributed by atoms with van der Waals surface area (Å²) >= 11 is 1.76. The topological polar surface area (TPSA) is 33.2 Å². The number of nitrogens with zero attached hydrogens (tertiary/aromatic N) is 2. The zero-order chi connectivity index (χ0) is 12.4. The van der Waals surface area contributed by atoms with Gasteiger partial charge in [0.05, 0.1) is 10.7 Å². The molecule has 0 aliphatic heterocycles. The van der Waals surface area contributed by atoms with Crippen LogP contribution in [-0.4, -0.2) is 28.9 Å². The quantitative estimate of drug-likeness (QED) is 0.827. The average molecular weight is 252 g/mol. The molecular formula is C13H20N2OS. The van der Waals surface area contributed by atoms with E-state index in [1.165, 1.54) is 10.6 Å². The van der Waals surface area contributed by atoms with Crippen LogP contribution in [0.5, 0.6) is 0 Å². The van der Waals surface area contributed by atoms with Crippen LogP contribution in [0.2, 0.25) is 0 Å². The SMILES string of the molecule is CCN(CC)C(=O)C1CCc2nc(C)sc2C1. The molecule has 0 bridgehead atoms. The van der Waals surface area contributed by atoms with Crippen molar-refractivity contribution in [2.75, 3.05) is 13.1 Å². The number of aromatic nitrogens is 1. The standard InChI is InChI=1S/C13H20N2OS/c1-4-15(5-2)13(16)10-6-7-11-12(8-10)17-9(3)14-11/h10H,4-8H2,1-3H3. The highest BCUT2D eigenvalue weighted by Gasteiger charge is 2.29. The van der Waals surface area contributed by atoms with E-state index in [1.54, 1.807) is 11.3 Å². The first kappa shape index (κ1) is 12.6. The smallest absolute Gasteiger partial charge is 0.226 e. The van der Waals surface area contributed by atoms with E-state index < -0.39 is 0 Å². The van der Waals surface area contributed by atoms with E-state index in [4.69, 9.17) is 0 Å². The minimum Gasteiger partial charge on any atom is -0.343 e. The highest BCUT2D eigenvalue weighted by atomic mass is 32.1. The first-order valence-electron chi connectivity index (χ1n) is 6.39. The molecule has 0 fully saturated rings. The number of hydrogen-bond donors (Lipinski definition) is 0. The highest BCUT2D eigenvalue weighted by Crippen LogP contribution is 2.30. The Balaban J connectivity index is 2.09. The van der Waals surface area contributed by atoms with Gasteiger partial charge in [0.1, 0.15) is 0 Å². The molecule has 0 spiro atoms. The highest BCUT2D eigenvalue weighted by molar-refractivity contribution is 7.11. The summed E-state index contributed by atoms with van der Waals surface area (Å²) in [4.78, 5) is 20.1. The van der Waals surface area contributed by atoms with Gasteiger partial charge in [-0.05, 0) is 40.0 Å². The lowest BCUT2D eigenvalue weighted by Gasteiger charge is -2.27. The Bertz CT molecular complexity index is 410. The largest absolute Gasteiger partial charge is 0.343 e. The molecule has 0 radical (unpaired) electrons. The molecule has 0 aromatic carbocycles. The summed E-state index contributed by atoms with van der Waals surface area (Å²) in [6.07, 6.45) is 2.83.